The third kappa shape index (κ3) is 0.735. The van der Waals surface area contributed by atoms with Crippen LogP contribution >= 0.6 is 10.8 Å². The van der Waals surface area contributed by atoms with Gasteiger partial charge in [-0.3, -0.25) is 0 Å². The molecule has 0 saturated carbocycles. The quantitative estimate of drug-likeness (QED) is 0.527. The molecule has 1 aromatic heterocycles. The van der Waals surface area contributed by atoms with Gasteiger partial charge >= 0.3 is 0 Å². The lowest BCUT2D eigenvalue weighted by Crippen LogP contribution is -1.60. The molecule has 0 saturated heterocycles. The lowest BCUT2D eigenvalue weighted by atomic mass is 10.3. The average molecular weight is 149 g/mol. The Bertz CT molecular complexity index is 351. The van der Waals surface area contributed by atoms with Crippen molar-refractivity contribution < 1.29 is 4.55 Å². The van der Waals surface area contributed by atoms with Crippen LogP contribution in [0.15, 0.2) is 29.6 Å². The molecule has 1 aromatic carbocycles. The highest BCUT2D eigenvalue weighted by atomic mass is 32.2. The van der Waals surface area contributed by atoms with Crippen LogP contribution in [0.25, 0.3) is 10.1 Å². The zero-order chi connectivity index (χ0) is 6.97. The Morgan fingerprint density at radius 2 is 2.30 bits per heavy atom. The Balaban J connectivity index is 2.93. The van der Waals surface area contributed by atoms with Gasteiger partial charge in [0.25, 0.3) is 0 Å². The summed E-state index contributed by atoms with van der Waals surface area (Å²) in [5, 5.41) is 2.71. The van der Waals surface area contributed by atoms with Crippen molar-refractivity contribution in [2.24, 2.45) is 0 Å². The summed E-state index contributed by atoms with van der Waals surface area (Å²) < 4.78 is 11.9. The van der Waals surface area contributed by atoms with E-state index in [0.29, 0.717) is 0 Å². The maximum absolute atomic E-state index is 11.1. The van der Waals surface area contributed by atoms with E-state index < -0.39 is 10.8 Å². The van der Waals surface area contributed by atoms with E-state index in [-0.39, 0.29) is 0 Å². The van der Waals surface area contributed by atoms with Crippen LogP contribution in [0.3, 0.4) is 0 Å². The molecule has 0 fully saturated rings. The van der Waals surface area contributed by atoms with E-state index in [1.165, 1.54) is 0 Å². The number of benzene rings is 1. The Kier molecular flexibility index (Phi) is 1.22. The summed E-state index contributed by atoms with van der Waals surface area (Å²) in [7, 11) is -0.934. The van der Waals surface area contributed by atoms with Crippen molar-refractivity contribution >= 4 is 20.8 Å². The number of thiophene rings is 1. The van der Waals surface area contributed by atoms with E-state index in [4.69, 9.17) is 0 Å². The average Bonchev–Trinajstić information content (AvgIpc) is 2.34. The molecular formula is C8H5OS. The lowest BCUT2D eigenvalue weighted by Gasteiger charge is -1.85. The van der Waals surface area contributed by atoms with Gasteiger partial charge in [-0.05, 0) is 22.9 Å². The smallest absolute Gasteiger partial charge is 0.187 e. The monoisotopic (exact) mass is 149 g/mol. The second-order valence-electron chi connectivity index (χ2n) is 2.05. The molecule has 2 aromatic rings. The van der Waals surface area contributed by atoms with Crippen molar-refractivity contribution in [3.8, 4) is 0 Å². The van der Waals surface area contributed by atoms with Gasteiger partial charge in [0.1, 0.15) is 5.38 Å². The maximum Gasteiger partial charge on any atom is 0.187 e. The molecule has 0 aliphatic heterocycles. The maximum atomic E-state index is 11.1. The predicted molar refractivity (Wildman–Crippen MR) is 41.4 cm³/mol. The third-order valence-electron chi connectivity index (χ3n) is 1.42. The van der Waals surface area contributed by atoms with Crippen LogP contribution in [0.1, 0.15) is 0 Å². The largest absolute Gasteiger partial charge is 0.590 e. The van der Waals surface area contributed by atoms with Gasteiger partial charge in [-0.2, -0.15) is 0 Å². The van der Waals surface area contributed by atoms with Gasteiger partial charge in [0, 0.05) is 17.5 Å². The highest BCUT2D eigenvalue weighted by Gasteiger charge is 2.01. The second-order valence-corrected chi connectivity index (χ2v) is 3.33. The van der Waals surface area contributed by atoms with E-state index in [1.807, 2.05) is 18.2 Å². The van der Waals surface area contributed by atoms with E-state index >= 15 is 0 Å². The standard InChI is InChI=1S/C8H5OS/c9-10-6-5-7-3-1-2-4-8(7)10/h1-3,5-6H. The fourth-order valence-electron chi connectivity index (χ4n) is 0.943. The summed E-state index contributed by atoms with van der Waals surface area (Å²) in [4.78, 5) is 0. The number of fused-ring (bicyclic) bond motifs is 1. The fourth-order valence-corrected chi connectivity index (χ4v) is 1.90. The van der Waals surface area contributed by atoms with Crippen molar-refractivity contribution in [3.63, 3.8) is 0 Å². The van der Waals surface area contributed by atoms with Gasteiger partial charge < -0.3 is 4.55 Å². The Hall–Kier alpha value is -0.860. The molecule has 1 unspecified atom stereocenters. The van der Waals surface area contributed by atoms with Crippen molar-refractivity contribution in [1.29, 1.82) is 0 Å². The highest BCUT2D eigenvalue weighted by Crippen LogP contribution is 2.26. The van der Waals surface area contributed by atoms with Crippen LogP contribution in [0.2, 0.25) is 0 Å². The van der Waals surface area contributed by atoms with Gasteiger partial charge in [-0.1, -0.05) is 6.07 Å². The molecule has 0 spiro atoms. The second kappa shape index (κ2) is 2.08. The van der Waals surface area contributed by atoms with Gasteiger partial charge in [0.05, 0.1) is 0 Å². The van der Waals surface area contributed by atoms with Crippen molar-refractivity contribution in [1.82, 2.24) is 0 Å². The van der Waals surface area contributed by atoms with Crippen molar-refractivity contribution in [2.45, 2.75) is 0 Å². The minimum absolute atomic E-state index is 0.808. The molecule has 1 atom stereocenters. The molecule has 49 valence electrons. The van der Waals surface area contributed by atoms with Gasteiger partial charge in [-0.25, -0.2) is 0 Å². The highest BCUT2D eigenvalue weighted by molar-refractivity contribution is 7.29. The minimum Gasteiger partial charge on any atom is -0.590 e. The molecule has 1 nitrogen and oxygen atoms in total. The molecule has 0 bridgehead atoms. The number of hydrogen-bond donors (Lipinski definition) is 0. The van der Waals surface area contributed by atoms with Gasteiger partial charge in [-0.15, -0.1) is 0 Å². The van der Waals surface area contributed by atoms with E-state index in [9.17, 15) is 4.55 Å². The molecule has 1 radical (unpaired) electrons. The number of hydrogen-bond acceptors (Lipinski definition) is 1. The van der Waals surface area contributed by atoms with E-state index in [1.54, 1.807) is 11.4 Å². The van der Waals surface area contributed by atoms with Gasteiger partial charge in [0.15, 0.2) is 4.70 Å². The summed E-state index contributed by atoms with van der Waals surface area (Å²) in [6, 6.07) is 10.4. The van der Waals surface area contributed by atoms with Crippen LogP contribution in [0.4, 0.5) is 0 Å². The van der Waals surface area contributed by atoms with Crippen LogP contribution in [-0.2, 0) is 0 Å². The van der Waals surface area contributed by atoms with Crippen LogP contribution < -0.4 is 0 Å². The summed E-state index contributed by atoms with van der Waals surface area (Å²) in [6.45, 7) is 0. The normalized spacial score (nSPS) is 12.3. The first-order valence-corrected chi connectivity index (χ1v) is 4.19. The summed E-state index contributed by atoms with van der Waals surface area (Å²) in [5.74, 6) is 0. The zero-order valence-electron chi connectivity index (χ0n) is 5.20. The Morgan fingerprint density at radius 1 is 1.40 bits per heavy atom. The Morgan fingerprint density at radius 3 is 3.10 bits per heavy atom. The molecule has 10 heavy (non-hydrogen) atoms. The van der Waals surface area contributed by atoms with Crippen LogP contribution in [0.5, 0.6) is 0 Å². The minimum atomic E-state index is -0.934. The first kappa shape index (κ1) is 5.89. The van der Waals surface area contributed by atoms with Crippen molar-refractivity contribution in [3.05, 3.63) is 35.7 Å². The third-order valence-corrected chi connectivity index (χ3v) is 2.56. The molecule has 0 aliphatic carbocycles. The molecule has 0 aliphatic rings. The SMILES string of the molecule is [O-][s+]1ccc2ccc[c]c21. The van der Waals surface area contributed by atoms with Crippen LogP contribution in [-0.4, -0.2) is 4.55 Å². The van der Waals surface area contributed by atoms with Crippen LogP contribution in [0, 0.1) is 6.07 Å². The zero-order valence-corrected chi connectivity index (χ0v) is 6.02. The summed E-state index contributed by atoms with van der Waals surface area (Å²) in [6.07, 6.45) is 0. The number of rotatable bonds is 0. The Labute approximate surface area is 61.7 Å². The topological polar surface area (TPSA) is 23.1 Å². The molecule has 0 N–H and O–H groups in total. The van der Waals surface area contributed by atoms with Crippen molar-refractivity contribution in [2.75, 3.05) is 0 Å². The molecule has 1 heterocycles. The van der Waals surface area contributed by atoms with E-state index in [0.717, 1.165) is 10.1 Å². The molecule has 2 heteroatoms. The van der Waals surface area contributed by atoms with E-state index in [2.05, 4.69) is 6.07 Å². The predicted octanol–water partition coefficient (Wildman–Crippen LogP) is 2.37. The molecule has 2 rings (SSSR count). The van der Waals surface area contributed by atoms with Gasteiger partial charge in [0.2, 0.25) is 0 Å². The lowest BCUT2D eigenvalue weighted by molar-refractivity contribution is 0.600. The molecule has 0 amide bonds. The summed E-state index contributed by atoms with van der Waals surface area (Å²) >= 11 is 0. The summed E-state index contributed by atoms with van der Waals surface area (Å²) in [5.41, 5.74) is 0. The molecular weight excluding hydrogens is 144 g/mol. The first-order valence-electron chi connectivity index (χ1n) is 2.97. The first-order chi connectivity index (χ1) is 4.88. The fraction of sp³-hybridized carbons (Fsp3) is 0.